The van der Waals surface area contributed by atoms with E-state index in [1.54, 1.807) is 6.20 Å². The van der Waals surface area contributed by atoms with Crippen molar-refractivity contribution < 1.29 is 9.84 Å². The molecule has 0 aliphatic carbocycles. The number of rotatable bonds is 7. The number of aliphatic hydroxyl groups excluding tert-OH is 1. The van der Waals surface area contributed by atoms with Gasteiger partial charge in [-0.3, -0.25) is 0 Å². The zero-order valence-electron chi connectivity index (χ0n) is 13.3. The first kappa shape index (κ1) is 16.9. The second-order valence-electron chi connectivity index (χ2n) is 5.52. The van der Waals surface area contributed by atoms with Gasteiger partial charge in [0.25, 0.3) is 0 Å². The van der Waals surface area contributed by atoms with Crippen molar-refractivity contribution in [3.63, 3.8) is 0 Å². The Bertz CT molecular complexity index is 804. The average Bonchev–Trinajstić information content (AvgIpc) is 3.02. The summed E-state index contributed by atoms with van der Waals surface area (Å²) in [5, 5.41) is 12.1. The van der Waals surface area contributed by atoms with Gasteiger partial charge in [-0.05, 0) is 53.2 Å². The molecule has 1 atom stereocenters. The van der Waals surface area contributed by atoms with Crippen LogP contribution in [-0.2, 0) is 0 Å². The maximum absolute atomic E-state index is 8.94. The van der Waals surface area contributed by atoms with E-state index in [9.17, 15) is 0 Å². The van der Waals surface area contributed by atoms with Crippen LogP contribution < -0.4 is 10.1 Å². The van der Waals surface area contributed by atoms with Crippen molar-refractivity contribution in [3.05, 3.63) is 41.0 Å². The number of halogens is 1. The summed E-state index contributed by atoms with van der Waals surface area (Å²) >= 11 is 3.40. The molecule has 0 saturated carbocycles. The number of hydrogen-bond acceptors (Lipinski definition) is 5. The fourth-order valence-corrected chi connectivity index (χ4v) is 2.59. The van der Waals surface area contributed by atoms with Crippen molar-refractivity contribution in [2.24, 2.45) is 0 Å². The van der Waals surface area contributed by atoms with Crippen LogP contribution >= 0.6 is 15.9 Å². The van der Waals surface area contributed by atoms with Crippen LogP contribution in [0.5, 0.6) is 5.75 Å². The molecule has 1 unspecified atom stereocenters. The van der Waals surface area contributed by atoms with E-state index in [2.05, 4.69) is 36.2 Å². The predicted octanol–water partition coefficient (Wildman–Crippen LogP) is 2.74. The number of aromatic nitrogens is 3. The van der Waals surface area contributed by atoms with Crippen molar-refractivity contribution in [2.75, 3.05) is 19.8 Å². The van der Waals surface area contributed by atoms with Crippen LogP contribution in [0.4, 0.5) is 0 Å². The molecule has 0 saturated heterocycles. The van der Waals surface area contributed by atoms with Crippen molar-refractivity contribution >= 4 is 27.1 Å². The Kier molecular flexibility index (Phi) is 5.44. The Labute approximate surface area is 148 Å². The van der Waals surface area contributed by atoms with E-state index in [-0.39, 0.29) is 12.6 Å². The molecule has 2 heterocycles. The normalized spacial score (nSPS) is 12.5. The second kappa shape index (κ2) is 7.74. The van der Waals surface area contributed by atoms with Gasteiger partial charge in [0.05, 0.1) is 12.1 Å². The maximum Gasteiger partial charge on any atom is 0.178 e. The number of benzene rings is 1. The second-order valence-corrected chi connectivity index (χ2v) is 6.44. The third kappa shape index (κ3) is 4.11. The molecule has 3 N–H and O–H groups in total. The number of nitrogens with zero attached hydrogens (tertiary/aromatic N) is 2. The Morgan fingerprint density at radius 1 is 1.33 bits per heavy atom. The van der Waals surface area contributed by atoms with Crippen LogP contribution in [0.25, 0.3) is 22.6 Å². The molecular weight excluding hydrogens is 372 g/mol. The van der Waals surface area contributed by atoms with Gasteiger partial charge in [0.1, 0.15) is 18.2 Å². The molecule has 0 amide bonds. The monoisotopic (exact) mass is 390 g/mol. The predicted molar refractivity (Wildman–Crippen MR) is 97.1 cm³/mol. The van der Waals surface area contributed by atoms with Crippen LogP contribution in [0.3, 0.4) is 0 Å². The highest BCUT2D eigenvalue weighted by Gasteiger charge is 2.07. The topological polar surface area (TPSA) is 83.1 Å². The lowest BCUT2D eigenvalue weighted by molar-refractivity contribution is 0.239. The average molecular weight is 391 g/mol. The van der Waals surface area contributed by atoms with E-state index in [1.165, 1.54) is 0 Å². The van der Waals surface area contributed by atoms with E-state index in [1.807, 2.05) is 37.3 Å². The molecule has 0 bridgehead atoms. The molecule has 0 fully saturated rings. The molecule has 0 radical (unpaired) electrons. The van der Waals surface area contributed by atoms with Crippen LogP contribution in [0.2, 0.25) is 0 Å². The molecule has 3 rings (SSSR count). The number of aromatic amines is 1. The number of hydrogen-bond donors (Lipinski definition) is 3. The van der Waals surface area contributed by atoms with Crippen LogP contribution in [0, 0.1) is 0 Å². The standard InChI is InChI=1S/C17H19BrN4O2/c1-11(10-23)19-6-7-24-14-4-2-12(3-5-14)16-21-15-8-13(18)9-20-17(15)22-16/h2-5,8-9,11,19,23H,6-7,10H2,1H3,(H,20,21,22). The zero-order chi connectivity index (χ0) is 16.9. The molecule has 3 aromatic rings. The largest absolute Gasteiger partial charge is 0.492 e. The third-order valence-corrected chi connectivity index (χ3v) is 4.00. The number of H-pyrrole nitrogens is 1. The summed E-state index contributed by atoms with van der Waals surface area (Å²) in [5.74, 6) is 1.58. The van der Waals surface area contributed by atoms with Crippen molar-refractivity contribution in [1.82, 2.24) is 20.3 Å². The molecule has 126 valence electrons. The molecule has 0 spiro atoms. The lowest BCUT2D eigenvalue weighted by atomic mass is 10.2. The summed E-state index contributed by atoms with van der Waals surface area (Å²) in [7, 11) is 0. The Morgan fingerprint density at radius 2 is 2.12 bits per heavy atom. The summed E-state index contributed by atoms with van der Waals surface area (Å²) in [4.78, 5) is 12.0. The smallest absolute Gasteiger partial charge is 0.178 e. The number of nitrogens with one attached hydrogen (secondary N) is 2. The van der Waals surface area contributed by atoms with Gasteiger partial charge in [-0.25, -0.2) is 9.97 Å². The minimum Gasteiger partial charge on any atom is -0.492 e. The summed E-state index contributed by atoms with van der Waals surface area (Å²) < 4.78 is 6.59. The molecule has 1 aromatic carbocycles. The van der Waals surface area contributed by atoms with Crippen molar-refractivity contribution in [1.29, 1.82) is 0 Å². The Morgan fingerprint density at radius 3 is 2.88 bits per heavy atom. The fraction of sp³-hybridized carbons (Fsp3) is 0.294. The van der Waals surface area contributed by atoms with Crippen LogP contribution in [-0.4, -0.2) is 45.9 Å². The van der Waals surface area contributed by atoms with Gasteiger partial charge in [-0.1, -0.05) is 0 Å². The van der Waals surface area contributed by atoms with E-state index >= 15 is 0 Å². The molecule has 6 nitrogen and oxygen atoms in total. The van der Waals surface area contributed by atoms with Gasteiger partial charge in [-0.2, -0.15) is 0 Å². The quantitative estimate of drug-likeness (QED) is 0.540. The summed E-state index contributed by atoms with van der Waals surface area (Å²) in [6, 6.07) is 9.80. The molecule has 2 aromatic heterocycles. The summed E-state index contributed by atoms with van der Waals surface area (Å²) in [5.41, 5.74) is 2.56. The van der Waals surface area contributed by atoms with Crippen molar-refractivity contribution in [2.45, 2.75) is 13.0 Å². The van der Waals surface area contributed by atoms with E-state index in [0.717, 1.165) is 27.1 Å². The highest BCUT2D eigenvalue weighted by molar-refractivity contribution is 9.10. The SMILES string of the molecule is CC(CO)NCCOc1ccc(-c2nc3ncc(Br)cc3[nH]2)cc1. The van der Waals surface area contributed by atoms with E-state index in [0.29, 0.717) is 18.8 Å². The van der Waals surface area contributed by atoms with E-state index < -0.39 is 0 Å². The van der Waals surface area contributed by atoms with Gasteiger partial charge in [0.2, 0.25) is 0 Å². The van der Waals surface area contributed by atoms with Crippen LogP contribution in [0.1, 0.15) is 6.92 Å². The molecular formula is C17H19BrN4O2. The Hall–Kier alpha value is -1.96. The first-order valence-corrected chi connectivity index (χ1v) is 8.54. The lowest BCUT2D eigenvalue weighted by Gasteiger charge is -2.11. The minimum atomic E-state index is 0.0812. The van der Waals surface area contributed by atoms with Gasteiger partial charge in [-0.15, -0.1) is 0 Å². The Balaban J connectivity index is 1.63. The molecule has 24 heavy (non-hydrogen) atoms. The number of aliphatic hydroxyl groups is 1. The summed E-state index contributed by atoms with van der Waals surface area (Å²) in [6.45, 7) is 3.28. The fourth-order valence-electron chi connectivity index (χ4n) is 2.26. The third-order valence-electron chi connectivity index (χ3n) is 3.57. The highest BCUT2D eigenvalue weighted by Crippen LogP contribution is 2.23. The maximum atomic E-state index is 8.94. The molecule has 0 aliphatic rings. The first-order chi connectivity index (χ1) is 11.7. The van der Waals surface area contributed by atoms with Gasteiger partial charge in [0.15, 0.2) is 5.65 Å². The molecule has 7 heteroatoms. The minimum absolute atomic E-state index is 0.0812. The van der Waals surface area contributed by atoms with Crippen LogP contribution in [0.15, 0.2) is 41.0 Å². The number of fused-ring (bicyclic) bond motifs is 1. The summed E-state index contributed by atoms with van der Waals surface area (Å²) in [6.07, 6.45) is 1.73. The molecule has 0 aliphatic heterocycles. The highest BCUT2D eigenvalue weighted by atomic mass is 79.9. The van der Waals surface area contributed by atoms with Crippen molar-refractivity contribution in [3.8, 4) is 17.1 Å². The van der Waals surface area contributed by atoms with Gasteiger partial charge < -0.3 is 20.1 Å². The zero-order valence-corrected chi connectivity index (χ0v) is 14.9. The number of ether oxygens (including phenoxy) is 1. The lowest BCUT2D eigenvalue weighted by Crippen LogP contribution is -2.32. The van der Waals surface area contributed by atoms with Gasteiger partial charge >= 0.3 is 0 Å². The first-order valence-electron chi connectivity index (χ1n) is 7.74. The van der Waals surface area contributed by atoms with Gasteiger partial charge in [0, 0.05) is 28.8 Å². The van der Waals surface area contributed by atoms with E-state index in [4.69, 9.17) is 9.84 Å². The number of pyridine rings is 1. The number of imidazole rings is 1.